The van der Waals surface area contributed by atoms with Crippen molar-refractivity contribution in [1.29, 1.82) is 0 Å². The molecule has 162 valence electrons. The lowest BCUT2D eigenvalue weighted by molar-refractivity contribution is -0.132. The van der Waals surface area contributed by atoms with Crippen molar-refractivity contribution in [3.05, 3.63) is 94.5 Å². The van der Waals surface area contributed by atoms with Gasteiger partial charge in [-0.3, -0.25) is 14.5 Å². The van der Waals surface area contributed by atoms with Crippen molar-refractivity contribution in [2.45, 2.75) is 6.04 Å². The van der Waals surface area contributed by atoms with Crippen LogP contribution in [0.5, 0.6) is 11.5 Å². The number of rotatable bonds is 5. The molecule has 7 heteroatoms. The van der Waals surface area contributed by atoms with E-state index in [4.69, 9.17) is 21.1 Å². The summed E-state index contributed by atoms with van der Waals surface area (Å²) < 4.78 is 10.4. The van der Waals surface area contributed by atoms with Crippen molar-refractivity contribution >= 4 is 34.7 Å². The van der Waals surface area contributed by atoms with Gasteiger partial charge in [-0.15, -0.1) is 0 Å². The number of aliphatic hydroxyl groups excluding tert-OH is 1. The Kier molecular flexibility index (Phi) is 5.88. The van der Waals surface area contributed by atoms with Gasteiger partial charge >= 0.3 is 0 Å². The lowest BCUT2D eigenvalue weighted by Crippen LogP contribution is -2.29. The quantitative estimate of drug-likeness (QED) is 0.337. The van der Waals surface area contributed by atoms with Gasteiger partial charge in [0.1, 0.15) is 17.3 Å². The number of ketones is 1. The molecule has 4 rings (SSSR count). The zero-order valence-corrected chi connectivity index (χ0v) is 18.2. The number of nitrogens with zero attached hydrogens (tertiary/aromatic N) is 1. The highest BCUT2D eigenvalue weighted by Gasteiger charge is 2.46. The fraction of sp³-hybridized carbons (Fsp3) is 0.120. The summed E-state index contributed by atoms with van der Waals surface area (Å²) in [7, 11) is 3.10. The molecule has 6 nitrogen and oxygen atoms in total. The second kappa shape index (κ2) is 8.77. The standard InChI is InChI=1S/C25H20ClNO5/c1-31-19-11-5-15(6-12-19)22-21(23(28)16-3-7-17(26)8-4-16)24(29)25(30)27(22)18-9-13-20(32-2)14-10-18/h3-14,22,28H,1-2H3/b23-21+/t22-/m0/s1. The number of aliphatic hydroxyl groups is 1. The normalized spacial score (nSPS) is 17.5. The minimum atomic E-state index is -0.829. The summed E-state index contributed by atoms with van der Waals surface area (Å²) in [6, 6.07) is 19.4. The predicted molar refractivity (Wildman–Crippen MR) is 122 cm³/mol. The summed E-state index contributed by atoms with van der Waals surface area (Å²) in [6.07, 6.45) is 0. The fourth-order valence-electron chi connectivity index (χ4n) is 3.71. The van der Waals surface area contributed by atoms with E-state index in [0.29, 0.717) is 33.3 Å². The van der Waals surface area contributed by atoms with Crippen LogP contribution in [-0.4, -0.2) is 31.0 Å². The lowest BCUT2D eigenvalue weighted by Gasteiger charge is -2.25. The molecule has 3 aromatic rings. The number of anilines is 1. The van der Waals surface area contributed by atoms with E-state index in [1.165, 1.54) is 4.90 Å². The Bertz CT molecular complexity index is 1180. The van der Waals surface area contributed by atoms with Gasteiger partial charge in [0.15, 0.2) is 0 Å². The third-order valence-electron chi connectivity index (χ3n) is 5.34. The number of Topliss-reactive ketones (excluding diaryl/α,β-unsaturated/α-hetero) is 1. The number of ether oxygens (including phenoxy) is 2. The van der Waals surface area contributed by atoms with Crippen LogP contribution in [0.1, 0.15) is 17.2 Å². The Morgan fingerprint density at radius 2 is 1.38 bits per heavy atom. The molecule has 32 heavy (non-hydrogen) atoms. The van der Waals surface area contributed by atoms with Crippen LogP contribution in [0, 0.1) is 0 Å². The third-order valence-corrected chi connectivity index (χ3v) is 5.60. The first-order chi connectivity index (χ1) is 15.4. The molecular weight excluding hydrogens is 430 g/mol. The molecule has 1 heterocycles. The molecule has 1 amide bonds. The molecule has 1 aliphatic heterocycles. The van der Waals surface area contributed by atoms with Gasteiger partial charge < -0.3 is 14.6 Å². The molecule has 1 fully saturated rings. The highest BCUT2D eigenvalue weighted by Crippen LogP contribution is 2.42. The number of carbonyl (C=O) groups excluding carboxylic acids is 2. The van der Waals surface area contributed by atoms with Gasteiger partial charge in [-0.05, 0) is 66.2 Å². The molecular formula is C25H20ClNO5. The van der Waals surface area contributed by atoms with Gasteiger partial charge in [0, 0.05) is 16.3 Å². The van der Waals surface area contributed by atoms with E-state index in [1.807, 2.05) is 0 Å². The Morgan fingerprint density at radius 3 is 1.91 bits per heavy atom. The molecule has 1 N–H and O–H groups in total. The fourth-order valence-corrected chi connectivity index (χ4v) is 3.83. The number of carbonyl (C=O) groups is 2. The lowest BCUT2D eigenvalue weighted by atomic mass is 9.95. The van der Waals surface area contributed by atoms with Gasteiger partial charge in [0.05, 0.1) is 25.8 Å². The highest BCUT2D eigenvalue weighted by molar-refractivity contribution is 6.51. The summed E-state index contributed by atoms with van der Waals surface area (Å²) in [6.45, 7) is 0. The number of halogens is 1. The summed E-state index contributed by atoms with van der Waals surface area (Å²) >= 11 is 5.96. The van der Waals surface area contributed by atoms with Crippen molar-refractivity contribution in [3.63, 3.8) is 0 Å². The summed E-state index contributed by atoms with van der Waals surface area (Å²) in [5, 5.41) is 11.6. The van der Waals surface area contributed by atoms with Crippen LogP contribution in [-0.2, 0) is 9.59 Å². The van der Waals surface area contributed by atoms with Gasteiger partial charge in [-0.2, -0.15) is 0 Å². The second-order valence-electron chi connectivity index (χ2n) is 7.15. The first-order valence-electron chi connectivity index (χ1n) is 9.79. The maximum atomic E-state index is 13.1. The molecule has 1 saturated heterocycles. The van der Waals surface area contributed by atoms with Gasteiger partial charge in [-0.25, -0.2) is 0 Å². The van der Waals surface area contributed by atoms with Crippen molar-refractivity contribution in [1.82, 2.24) is 0 Å². The second-order valence-corrected chi connectivity index (χ2v) is 7.58. The molecule has 0 unspecified atom stereocenters. The van der Waals surface area contributed by atoms with Gasteiger partial charge in [0.2, 0.25) is 0 Å². The first kappa shape index (κ1) is 21.5. The largest absolute Gasteiger partial charge is 0.507 e. The van der Waals surface area contributed by atoms with Gasteiger partial charge in [-0.1, -0.05) is 23.7 Å². The topological polar surface area (TPSA) is 76.1 Å². The monoisotopic (exact) mass is 449 g/mol. The summed E-state index contributed by atoms with van der Waals surface area (Å²) in [5.41, 5.74) is 1.54. The average molecular weight is 450 g/mol. The van der Waals surface area contributed by atoms with E-state index in [2.05, 4.69) is 0 Å². The zero-order valence-electron chi connectivity index (χ0n) is 17.4. The summed E-state index contributed by atoms with van der Waals surface area (Å²) in [4.78, 5) is 27.6. The smallest absolute Gasteiger partial charge is 0.300 e. The maximum absolute atomic E-state index is 13.1. The van der Waals surface area contributed by atoms with Crippen LogP contribution in [0.4, 0.5) is 5.69 Å². The number of benzene rings is 3. The van der Waals surface area contributed by atoms with Crippen LogP contribution in [0.3, 0.4) is 0 Å². The molecule has 0 radical (unpaired) electrons. The van der Waals surface area contributed by atoms with Crippen LogP contribution < -0.4 is 14.4 Å². The Labute approximate surface area is 190 Å². The van der Waals surface area contributed by atoms with Crippen LogP contribution in [0.25, 0.3) is 5.76 Å². The zero-order chi connectivity index (χ0) is 22.8. The Morgan fingerprint density at radius 1 is 0.844 bits per heavy atom. The Balaban J connectivity index is 1.90. The van der Waals surface area contributed by atoms with E-state index in [9.17, 15) is 14.7 Å². The van der Waals surface area contributed by atoms with Crippen molar-refractivity contribution in [2.24, 2.45) is 0 Å². The van der Waals surface area contributed by atoms with E-state index in [-0.39, 0.29) is 11.3 Å². The van der Waals surface area contributed by atoms with E-state index in [0.717, 1.165) is 0 Å². The van der Waals surface area contributed by atoms with Crippen LogP contribution in [0.15, 0.2) is 78.4 Å². The number of hydrogen-bond acceptors (Lipinski definition) is 5. The number of amides is 1. The average Bonchev–Trinajstić information content (AvgIpc) is 3.09. The SMILES string of the molecule is COc1ccc([C@H]2/C(=C(\O)c3ccc(Cl)cc3)C(=O)C(=O)N2c2ccc(OC)cc2)cc1. The molecule has 1 atom stereocenters. The van der Waals surface area contributed by atoms with Crippen molar-refractivity contribution in [2.75, 3.05) is 19.1 Å². The van der Waals surface area contributed by atoms with Crippen molar-refractivity contribution in [3.8, 4) is 11.5 Å². The molecule has 0 saturated carbocycles. The number of methoxy groups -OCH3 is 2. The molecule has 1 aliphatic rings. The first-order valence-corrected chi connectivity index (χ1v) is 10.2. The molecule has 0 aromatic heterocycles. The van der Waals surface area contributed by atoms with Crippen LogP contribution in [0.2, 0.25) is 5.02 Å². The molecule has 3 aromatic carbocycles. The molecule has 0 bridgehead atoms. The minimum absolute atomic E-state index is 0.00157. The highest BCUT2D eigenvalue weighted by atomic mass is 35.5. The van der Waals surface area contributed by atoms with Gasteiger partial charge in [0.25, 0.3) is 11.7 Å². The maximum Gasteiger partial charge on any atom is 0.300 e. The molecule has 0 aliphatic carbocycles. The van der Waals surface area contributed by atoms with Crippen LogP contribution >= 0.6 is 11.6 Å². The Hall–Kier alpha value is -3.77. The van der Waals surface area contributed by atoms with Crippen molar-refractivity contribution < 1.29 is 24.2 Å². The van der Waals surface area contributed by atoms with E-state index < -0.39 is 17.7 Å². The van der Waals surface area contributed by atoms with E-state index in [1.54, 1.807) is 87.0 Å². The predicted octanol–water partition coefficient (Wildman–Crippen LogP) is 4.98. The van der Waals surface area contributed by atoms with E-state index >= 15 is 0 Å². The minimum Gasteiger partial charge on any atom is -0.507 e. The number of hydrogen-bond donors (Lipinski definition) is 1. The third kappa shape index (κ3) is 3.81. The molecule has 0 spiro atoms. The summed E-state index contributed by atoms with van der Waals surface area (Å²) in [5.74, 6) is -0.516.